The van der Waals surface area contributed by atoms with E-state index in [9.17, 15) is 5.11 Å². The molecule has 3 heteroatoms. The number of hydrogen-bond acceptors (Lipinski definition) is 2. The van der Waals surface area contributed by atoms with Gasteiger partial charge >= 0.3 is 0 Å². The predicted octanol–water partition coefficient (Wildman–Crippen LogP) is 8.74. The zero-order valence-electron chi connectivity index (χ0n) is 22.1. The van der Waals surface area contributed by atoms with E-state index >= 15 is 0 Å². The molecule has 1 spiro atoms. The first kappa shape index (κ1) is 22.4. The van der Waals surface area contributed by atoms with Crippen molar-refractivity contribution >= 4 is 11.0 Å². The minimum Gasteiger partial charge on any atom is -0.508 e. The van der Waals surface area contributed by atoms with E-state index in [-0.39, 0.29) is 5.75 Å². The van der Waals surface area contributed by atoms with Crippen LogP contribution >= 0.6 is 0 Å². The van der Waals surface area contributed by atoms with Crippen LogP contribution < -0.4 is 0 Å². The van der Waals surface area contributed by atoms with Crippen LogP contribution in [-0.2, 0) is 5.41 Å². The van der Waals surface area contributed by atoms with E-state index < -0.39 is 5.41 Å². The summed E-state index contributed by atoms with van der Waals surface area (Å²) in [5.41, 5.74) is 14.5. The summed E-state index contributed by atoms with van der Waals surface area (Å²) in [5, 5.41) is 10.8. The second kappa shape index (κ2) is 8.06. The molecule has 0 saturated heterocycles. The highest BCUT2D eigenvalue weighted by Crippen LogP contribution is 2.64. The Morgan fingerprint density at radius 2 is 1.12 bits per heavy atom. The molecule has 1 aromatic heterocycles. The second-order valence-electron chi connectivity index (χ2n) is 10.9. The highest BCUT2D eigenvalue weighted by atomic mass is 16.3. The number of aromatic hydroxyl groups is 1. The molecule has 1 aliphatic carbocycles. The maximum absolute atomic E-state index is 10.8. The Bertz CT molecular complexity index is 2070. The number of para-hydroxylation sites is 1. The van der Waals surface area contributed by atoms with Crippen LogP contribution in [-0.4, -0.2) is 14.7 Å². The fraction of sp³-hybridized carbons (Fsp3) is 0.0263. The van der Waals surface area contributed by atoms with Crippen LogP contribution in [0, 0.1) is 0 Å². The summed E-state index contributed by atoms with van der Waals surface area (Å²) >= 11 is 0. The Morgan fingerprint density at radius 1 is 0.537 bits per heavy atom. The fourth-order valence-electron chi connectivity index (χ4n) is 7.47. The van der Waals surface area contributed by atoms with Gasteiger partial charge in [-0.1, -0.05) is 115 Å². The molecule has 1 aliphatic heterocycles. The third kappa shape index (κ3) is 2.80. The molecule has 7 aromatic rings. The Balaban J connectivity index is 1.56. The van der Waals surface area contributed by atoms with E-state index in [0.29, 0.717) is 0 Å². The molecule has 0 radical (unpaired) electrons. The first-order chi connectivity index (χ1) is 20.3. The molecule has 9 rings (SSSR count). The molecule has 2 aliphatic rings. The lowest BCUT2D eigenvalue weighted by atomic mass is 9.63. The first-order valence-electron chi connectivity index (χ1n) is 14.0. The molecule has 0 atom stereocenters. The molecular formula is C38H24N2O. The number of benzene rings is 6. The van der Waals surface area contributed by atoms with E-state index in [0.717, 1.165) is 22.3 Å². The van der Waals surface area contributed by atoms with Gasteiger partial charge < -0.3 is 5.11 Å². The van der Waals surface area contributed by atoms with Crippen molar-refractivity contribution < 1.29 is 5.11 Å². The highest BCUT2D eigenvalue weighted by Gasteiger charge is 2.53. The third-order valence-corrected chi connectivity index (χ3v) is 8.96. The number of phenols is 1. The summed E-state index contributed by atoms with van der Waals surface area (Å²) in [6, 6.07) is 47.2. The number of imidazole rings is 1. The van der Waals surface area contributed by atoms with Gasteiger partial charge in [-0.15, -0.1) is 0 Å². The third-order valence-electron chi connectivity index (χ3n) is 8.96. The molecule has 192 valence electrons. The SMILES string of the molecule is Oc1ccc2c(c1)-n1cnc3cccc(c31)C21c2c(-c3ccccc3)cccc2-c2cccc(-c3ccccc3)c21. The summed E-state index contributed by atoms with van der Waals surface area (Å²) in [6.07, 6.45) is 1.89. The summed E-state index contributed by atoms with van der Waals surface area (Å²) in [6.45, 7) is 0. The molecule has 1 N–H and O–H groups in total. The molecular weight excluding hydrogens is 500 g/mol. The average Bonchev–Trinajstić information content (AvgIpc) is 3.60. The van der Waals surface area contributed by atoms with Crippen molar-refractivity contribution in [2.24, 2.45) is 0 Å². The minimum absolute atomic E-state index is 0.242. The smallest absolute Gasteiger partial charge is 0.117 e. The van der Waals surface area contributed by atoms with Crippen molar-refractivity contribution in [2.45, 2.75) is 5.41 Å². The van der Waals surface area contributed by atoms with Crippen molar-refractivity contribution in [2.75, 3.05) is 0 Å². The Morgan fingerprint density at radius 3 is 1.76 bits per heavy atom. The zero-order chi connectivity index (χ0) is 27.1. The molecule has 0 fully saturated rings. The van der Waals surface area contributed by atoms with Gasteiger partial charge in [0.05, 0.1) is 22.1 Å². The Labute approximate surface area is 237 Å². The van der Waals surface area contributed by atoms with Gasteiger partial charge in [0.15, 0.2) is 0 Å². The van der Waals surface area contributed by atoms with Crippen molar-refractivity contribution in [1.82, 2.24) is 9.55 Å². The molecule has 0 unspecified atom stereocenters. The topological polar surface area (TPSA) is 38.0 Å². The maximum atomic E-state index is 10.8. The summed E-state index contributed by atoms with van der Waals surface area (Å²) in [4.78, 5) is 4.83. The van der Waals surface area contributed by atoms with Crippen LogP contribution in [0.25, 0.3) is 50.1 Å². The van der Waals surface area contributed by atoms with Gasteiger partial charge in [0.1, 0.15) is 12.1 Å². The van der Waals surface area contributed by atoms with Crippen molar-refractivity contribution in [3.63, 3.8) is 0 Å². The monoisotopic (exact) mass is 524 g/mol. The van der Waals surface area contributed by atoms with Crippen LogP contribution in [0.3, 0.4) is 0 Å². The highest BCUT2D eigenvalue weighted by molar-refractivity contribution is 6.01. The molecule has 3 nitrogen and oxygen atoms in total. The van der Waals surface area contributed by atoms with Crippen molar-refractivity contribution in [3.8, 4) is 44.8 Å². The lowest BCUT2D eigenvalue weighted by molar-refractivity contribution is 0.474. The number of rotatable bonds is 2. The quantitative estimate of drug-likeness (QED) is 0.245. The second-order valence-corrected chi connectivity index (χ2v) is 10.9. The minimum atomic E-state index is -0.637. The first-order valence-corrected chi connectivity index (χ1v) is 14.0. The van der Waals surface area contributed by atoms with Gasteiger partial charge in [0.2, 0.25) is 0 Å². The van der Waals surface area contributed by atoms with Crippen LogP contribution in [0.5, 0.6) is 5.75 Å². The Kier molecular flexibility index (Phi) is 4.41. The van der Waals surface area contributed by atoms with Crippen LogP contribution in [0.4, 0.5) is 0 Å². The van der Waals surface area contributed by atoms with Gasteiger partial charge in [-0.2, -0.15) is 0 Å². The molecule has 0 amide bonds. The van der Waals surface area contributed by atoms with E-state index in [4.69, 9.17) is 4.98 Å². The van der Waals surface area contributed by atoms with Crippen molar-refractivity contribution in [1.29, 1.82) is 0 Å². The van der Waals surface area contributed by atoms with Crippen LogP contribution in [0.1, 0.15) is 22.3 Å². The van der Waals surface area contributed by atoms with Gasteiger partial charge in [-0.3, -0.25) is 4.57 Å². The normalized spacial score (nSPS) is 13.7. The number of phenolic OH excluding ortho intramolecular Hbond substituents is 1. The molecule has 0 saturated carbocycles. The van der Waals surface area contributed by atoms with Gasteiger partial charge in [0, 0.05) is 6.07 Å². The van der Waals surface area contributed by atoms with E-state index in [1.165, 1.54) is 50.1 Å². The van der Waals surface area contributed by atoms with E-state index in [2.05, 4.69) is 126 Å². The standard InChI is InChI=1S/C38H24N2O/c41-26-20-21-31-34(22-26)40-23-39-33-19-9-18-32(37(33)40)38(31)35-27(24-10-3-1-4-11-24)14-7-16-29(35)30-17-8-15-28(36(30)38)25-12-5-2-6-13-25/h1-23,41H. The van der Waals surface area contributed by atoms with Gasteiger partial charge in [0.25, 0.3) is 0 Å². The largest absolute Gasteiger partial charge is 0.508 e. The number of aromatic nitrogens is 2. The summed E-state index contributed by atoms with van der Waals surface area (Å²) < 4.78 is 2.15. The van der Waals surface area contributed by atoms with Crippen LogP contribution in [0.2, 0.25) is 0 Å². The lowest BCUT2D eigenvalue weighted by Gasteiger charge is -2.41. The van der Waals surface area contributed by atoms with Gasteiger partial charge in [-0.05, 0) is 67.8 Å². The predicted molar refractivity (Wildman–Crippen MR) is 164 cm³/mol. The molecule has 6 aromatic carbocycles. The number of nitrogens with zero attached hydrogens (tertiary/aromatic N) is 2. The zero-order valence-corrected chi connectivity index (χ0v) is 22.1. The number of hydrogen-bond donors (Lipinski definition) is 1. The average molecular weight is 525 g/mol. The van der Waals surface area contributed by atoms with E-state index in [1.54, 1.807) is 0 Å². The van der Waals surface area contributed by atoms with Crippen LogP contribution in [0.15, 0.2) is 140 Å². The fourth-order valence-corrected chi connectivity index (χ4v) is 7.47. The molecule has 0 bridgehead atoms. The van der Waals surface area contributed by atoms with Gasteiger partial charge in [-0.25, -0.2) is 4.98 Å². The Hall–Kier alpha value is -5.41. The van der Waals surface area contributed by atoms with E-state index in [1.807, 2.05) is 18.5 Å². The maximum Gasteiger partial charge on any atom is 0.117 e. The summed E-state index contributed by atoms with van der Waals surface area (Å²) in [7, 11) is 0. The summed E-state index contributed by atoms with van der Waals surface area (Å²) in [5.74, 6) is 0.242. The molecule has 41 heavy (non-hydrogen) atoms. The van der Waals surface area contributed by atoms with Crippen molar-refractivity contribution in [3.05, 3.63) is 162 Å². The number of fused-ring (bicyclic) bond motifs is 9. The molecule has 2 heterocycles. The lowest BCUT2D eigenvalue weighted by Crippen LogP contribution is -2.34.